The number of nitrogens with zero attached hydrogens (tertiary/aromatic N) is 2. The van der Waals surface area contributed by atoms with Gasteiger partial charge in [-0.2, -0.15) is 0 Å². The highest BCUT2D eigenvalue weighted by molar-refractivity contribution is 6.31. The lowest BCUT2D eigenvalue weighted by Gasteiger charge is -2.46. The maximum atomic E-state index is 10.2. The molecule has 1 saturated heterocycles. The molecule has 0 saturated carbocycles. The average Bonchev–Trinajstić information content (AvgIpc) is 2.76. The number of nitrogens with two attached hydrogens (primary N) is 1. The molecule has 0 bridgehead atoms. The van der Waals surface area contributed by atoms with E-state index in [2.05, 4.69) is 51.7 Å². The molecule has 4 rings (SSSR count). The van der Waals surface area contributed by atoms with Crippen molar-refractivity contribution in [3.05, 3.63) is 52.8 Å². The van der Waals surface area contributed by atoms with Crippen molar-refractivity contribution in [3.63, 3.8) is 0 Å². The van der Waals surface area contributed by atoms with E-state index in [0.717, 1.165) is 31.6 Å². The van der Waals surface area contributed by atoms with E-state index in [9.17, 15) is 5.11 Å². The molecular weight excluding hydrogens is 430 g/mol. The molecule has 0 spiro atoms. The standard InChI is InChI=1S/C26H39N3O3Si/c1-25(2,3)33-32-26(4,5)17-7-9-28-21(12-17)19-15-29-10-8-16-11-23(30)24(31-6)13-18(16)22(29)14-20(19)27/h7,9,11-13,19-20,22,30H,8,10,14-15,27,33H2,1-6H3/t19-,20-,22-/m1/s1. The molecule has 3 N–H and O–H groups in total. The summed E-state index contributed by atoms with van der Waals surface area (Å²) in [5.41, 5.74) is 11.1. The second kappa shape index (κ2) is 9.02. The lowest BCUT2D eigenvalue weighted by atomic mass is 9.79. The first-order valence-electron chi connectivity index (χ1n) is 12.0. The lowest BCUT2D eigenvalue weighted by Crippen LogP contribution is -2.50. The van der Waals surface area contributed by atoms with Crippen molar-refractivity contribution >= 4 is 9.76 Å². The van der Waals surface area contributed by atoms with E-state index in [0.29, 0.717) is 5.75 Å². The number of pyridine rings is 1. The van der Waals surface area contributed by atoms with Gasteiger partial charge in [0.25, 0.3) is 0 Å². The molecule has 180 valence electrons. The predicted molar refractivity (Wildman–Crippen MR) is 135 cm³/mol. The van der Waals surface area contributed by atoms with Crippen molar-refractivity contribution < 1.29 is 14.3 Å². The Bertz CT molecular complexity index is 1000. The third-order valence-electron chi connectivity index (χ3n) is 7.07. The van der Waals surface area contributed by atoms with Gasteiger partial charge in [-0.3, -0.25) is 9.88 Å². The van der Waals surface area contributed by atoms with Crippen LogP contribution in [0.2, 0.25) is 5.04 Å². The van der Waals surface area contributed by atoms with Gasteiger partial charge in [-0.1, -0.05) is 20.8 Å². The molecule has 0 amide bonds. The summed E-state index contributed by atoms with van der Waals surface area (Å²) in [6.07, 6.45) is 3.68. The van der Waals surface area contributed by atoms with Gasteiger partial charge in [-0.05, 0) is 72.7 Å². The minimum absolute atomic E-state index is 0.00716. The van der Waals surface area contributed by atoms with Crippen LogP contribution in [0.3, 0.4) is 0 Å². The van der Waals surface area contributed by atoms with Gasteiger partial charge in [-0.15, -0.1) is 0 Å². The van der Waals surface area contributed by atoms with Crippen LogP contribution in [-0.4, -0.2) is 51.0 Å². The molecule has 3 atom stereocenters. The Labute approximate surface area is 200 Å². The van der Waals surface area contributed by atoms with Crippen molar-refractivity contribution in [2.24, 2.45) is 5.73 Å². The molecule has 3 heterocycles. The smallest absolute Gasteiger partial charge is 0.168 e. The Morgan fingerprint density at radius 2 is 1.94 bits per heavy atom. The molecule has 1 fully saturated rings. The maximum Gasteiger partial charge on any atom is 0.168 e. The number of piperidine rings is 1. The summed E-state index contributed by atoms with van der Waals surface area (Å²) in [5, 5.41) is 10.4. The third kappa shape index (κ3) is 5.11. The van der Waals surface area contributed by atoms with Gasteiger partial charge in [0.15, 0.2) is 21.3 Å². The molecule has 33 heavy (non-hydrogen) atoms. The predicted octanol–water partition coefficient (Wildman–Crippen LogP) is 3.76. The molecule has 0 unspecified atom stereocenters. The third-order valence-corrected chi connectivity index (χ3v) is 8.81. The average molecular weight is 470 g/mol. The molecule has 2 aliphatic rings. The van der Waals surface area contributed by atoms with Gasteiger partial charge < -0.3 is 20.0 Å². The second-order valence-electron chi connectivity index (χ2n) is 11.3. The highest BCUT2D eigenvalue weighted by atomic mass is 28.2. The van der Waals surface area contributed by atoms with Gasteiger partial charge in [-0.25, -0.2) is 0 Å². The summed E-state index contributed by atoms with van der Waals surface area (Å²) in [7, 11) is 0.919. The van der Waals surface area contributed by atoms with E-state index in [1.807, 2.05) is 18.3 Å². The number of hydrogen-bond acceptors (Lipinski definition) is 6. The van der Waals surface area contributed by atoms with Crippen LogP contribution in [0, 0.1) is 0 Å². The molecule has 0 radical (unpaired) electrons. The normalized spacial score (nSPS) is 24.0. The topological polar surface area (TPSA) is 80.8 Å². The number of phenols is 1. The van der Waals surface area contributed by atoms with Crippen LogP contribution in [-0.2, 0) is 16.4 Å². The Kier molecular flexibility index (Phi) is 6.62. The minimum Gasteiger partial charge on any atom is -0.504 e. The summed E-state index contributed by atoms with van der Waals surface area (Å²) < 4.78 is 11.8. The van der Waals surface area contributed by atoms with E-state index in [1.54, 1.807) is 7.11 Å². The molecule has 1 aromatic heterocycles. The van der Waals surface area contributed by atoms with E-state index in [4.69, 9.17) is 19.9 Å². The Morgan fingerprint density at radius 1 is 1.18 bits per heavy atom. The molecular formula is C26H39N3O3Si. The largest absolute Gasteiger partial charge is 0.504 e. The number of ether oxygens (including phenoxy) is 1. The van der Waals surface area contributed by atoms with Crippen LogP contribution in [0.15, 0.2) is 30.5 Å². The maximum absolute atomic E-state index is 10.2. The van der Waals surface area contributed by atoms with Gasteiger partial charge in [0.1, 0.15) is 0 Å². The monoisotopic (exact) mass is 469 g/mol. The zero-order chi connectivity index (χ0) is 24.0. The van der Waals surface area contributed by atoms with Crippen LogP contribution in [0.25, 0.3) is 0 Å². The number of aromatic nitrogens is 1. The molecule has 2 aliphatic heterocycles. The SMILES string of the molecule is COc1cc2c(cc1O)CCN1C[C@@H](c3cc(C(C)(C)O[SiH2]C(C)(C)C)ccn3)[C@H](N)C[C@H]21. The van der Waals surface area contributed by atoms with Crippen LogP contribution >= 0.6 is 0 Å². The van der Waals surface area contributed by atoms with Gasteiger partial charge >= 0.3 is 0 Å². The van der Waals surface area contributed by atoms with Crippen LogP contribution in [0.1, 0.15) is 75.4 Å². The number of aromatic hydroxyl groups is 1. The summed E-state index contributed by atoms with van der Waals surface area (Å²) in [5.74, 6) is 0.919. The summed E-state index contributed by atoms with van der Waals surface area (Å²) >= 11 is 0. The van der Waals surface area contributed by atoms with Gasteiger partial charge in [0.05, 0.1) is 12.7 Å². The number of fused-ring (bicyclic) bond motifs is 3. The number of methoxy groups -OCH3 is 1. The van der Waals surface area contributed by atoms with Crippen LogP contribution < -0.4 is 10.5 Å². The first-order valence-corrected chi connectivity index (χ1v) is 13.3. The molecule has 0 aliphatic carbocycles. The van der Waals surface area contributed by atoms with Crippen molar-refractivity contribution in [2.75, 3.05) is 20.2 Å². The van der Waals surface area contributed by atoms with E-state index in [1.165, 1.54) is 16.7 Å². The van der Waals surface area contributed by atoms with Crippen molar-refractivity contribution in [1.82, 2.24) is 9.88 Å². The van der Waals surface area contributed by atoms with Crippen molar-refractivity contribution in [2.45, 2.75) is 76.1 Å². The molecule has 1 aromatic carbocycles. The summed E-state index contributed by atoms with van der Waals surface area (Å²) in [6, 6.07) is 8.39. The Hall–Kier alpha value is -1.93. The first kappa shape index (κ1) is 24.2. The summed E-state index contributed by atoms with van der Waals surface area (Å²) in [6.45, 7) is 12.9. The zero-order valence-electron chi connectivity index (χ0n) is 20.9. The van der Waals surface area contributed by atoms with Gasteiger partial charge in [0.2, 0.25) is 0 Å². The fraction of sp³-hybridized carbons (Fsp3) is 0.577. The van der Waals surface area contributed by atoms with Crippen LogP contribution in [0.5, 0.6) is 11.5 Å². The highest BCUT2D eigenvalue weighted by Crippen LogP contribution is 2.44. The Morgan fingerprint density at radius 3 is 2.64 bits per heavy atom. The van der Waals surface area contributed by atoms with Crippen molar-refractivity contribution in [3.8, 4) is 11.5 Å². The number of rotatable bonds is 5. The minimum atomic E-state index is -0.677. The van der Waals surface area contributed by atoms with E-state index >= 15 is 0 Å². The number of benzene rings is 1. The zero-order valence-corrected chi connectivity index (χ0v) is 22.3. The number of hydrogen-bond donors (Lipinski definition) is 2. The van der Waals surface area contributed by atoms with E-state index in [-0.39, 0.29) is 34.4 Å². The number of phenolic OH excluding ortho intramolecular Hbond substituents is 1. The Balaban J connectivity index is 1.55. The second-order valence-corrected chi connectivity index (χ2v) is 14.0. The molecule has 7 heteroatoms. The van der Waals surface area contributed by atoms with Gasteiger partial charge in [0, 0.05) is 43.0 Å². The van der Waals surface area contributed by atoms with Crippen molar-refractivity contribution in [1.29, 1.82) is 0 Å². The highest BCUT2D eigenvalue weighted by Gasteiger charge is 2.39. The lowest BCUT2D eigenvalue weighted by molar-refractivity contribution is 0.104. The summed E-state index contributed by atoms with van der Waals surface area (Å²) in [4.78, 5) is 7.28. The quantitative estimate of drug-likeness (QED) is 0.649. The molecule has 6 nitrogen and oxygen atoms in total. The van der Waals surface area contributed by atoms with E-state index < -0.39 is 9.76 Å². The fourth-order valence-electron chi connectivity index (χ4n) is 5.06. The first-order chi connectivity index (χ1) is 15.5. The van der Waals surface area contributed by atoms with Crippen LogP contribution in [0.4, 0.5) is 0 Å². The molecule has 2 aromatic rings. The fourth-order valence-corrected chi connectivity index (χ4v) is 6.02.